The van der Waals surface area contributed by atoms with Crippen LogP contribution in [0.5, 0.6) is 0 Å². The number of ether oxygens (including phenoxy) is 1. The van der Waals surface area contributed by atoms with E-state index in [0.29, 0.717) is 5.89 Å². The second-order valence-electron chi connectivity index (χ2n) is 5.21. The van der Waals surface area contributed by atoms with Crippen molar-refractivity contribution in [2.75, 3.05) is 13.2 Å². The molecule has 1 aromatic rings. The molecule has 2 rings (SSSR count). The van der Waals surface area contributed by atoms with E-state index in [-0.39, 0.29) is 30.0 Å². The van der Waals surface area contributed by atoms with Crippen LogP contribution in [0.15, 0.2) is 4.52 Å². The minimum absolute atomic E-state index is 0. The third-order valence-electron chi connectivity index (χ3n) is 2.70. The number of morpholine rings is 1. The quantitative estimate of drug-likeness (QED) is 0.836. The second-order valence-corrected chi connectivity index (χ2v) is 5.21. The number of aromatic nitrogens is 2. The van der Waals surface area contributed by atoms with Crippen LogP contribution in [-0.2, 0) is 10.2 Å². The van der Waals surface area contributed by atoms with Crippen molar-refractivity contribution in [1.29, 1.82) is 0 Å². The molecule has 1 aromatic heterocycles. The summed E-state index contributed by atoms with van der Waals surface area (Å²) in [6, 6.07) is 0.0114. The molecule has 0 radical (unpaired) electrons. The first kappa shape index (κ1) is 14.4. The molecule has 0 spiro atoms. The summed E-state index contributed by atoms with van der Waals surface area (Å²) < 4.78 is 10.8. The number of nitrogens with one attached hydrogen (secondary N) is 1. The lowest BCUT2D eigenvalue weighted by molar-refractivity contribution is -0.00136. The zero-order valence-electron chi connectivity index (χ0n) is 10.7. The molecule has 17 heavy (non-hydrogen) atoms. The van der Waals surface area contributed by atoms with Crippen molar-refractivity contribution in [2.24, 2.45) is 0 Å². The van der Waals surface area contributed by atoms with Gasteiger partial charge >= 0.3 is 0 Å². The first-order valence-corrected chi connectivity index (χ1v) is 5.67. The molecule has 0 bridgehead atoms. The monoisotopic (exact) mass is 261 g/mol. The lowest BCUT2D eigenvalue weighted by atomic mass is 9.96. The number of nitrogens with zero attached hydrogens (tertiary/aromatic N) is 2. The Bertz CT molecular complexity index is 362. The van der Waals surface area contributed by atoms with E-state index in [1.165, 1.54) is 0 Å². The maximum Gasteiger partial charge on any atom is 0.246 e. The largest absolute Gasteiger partial charge is 0.375 e. The summed E-state index contributed by atoms with van der Waals surface area (Å²) >= 11 is 0. The SMILES string of the molecule is C[C@H]1OCCN[C@@H]1c1nc(C(C)(C)C)no1.Cl. The van der Waals surface area contributed by atoms with Gasteiger partial charge in [0.1, 0.15) is 6.04 Å². The van der Waals surface area contributed by atoms with Crippen LogP contribution in [0.2, 0.25) is 0 Å². The number of hydrogen-bond donors (Lipinski definition) is 1. The van der Waals surface area contributed by atoms with Gasteiger partial charge in [0.05, 0.1) is 12.7 Å². The molecule has 6 heteroatoms. The van der Waals surface area contributed by atoms with Crippen LogP contribution in [0.1, 0.15) is 45.5 Å². The minimum atomic E-state index is -0.0828. The van der Waals surface area contributed by atoms with Crippen molar-refractivity contribution in [3.05, 3.63) is 11.7 Å². The Morgan fingerprint density at radius 1 is 1.35 bits per heavy atom. The van der Waals surface area contributed by atoms with Gasteiger partial charge in [0.2, 0.25) is 5.89 Å². The van der Waals surface area contributed by atoms with Crippen LogP contribution in [-0.4, -0.2) is 29.4 Å². The van der Waals surface area contributed by atoms with E-state index >= 15 is 0 Å². The van der Waals surface area contributed by atoms with Gasteiger partial charge in [0, 0.05) is 12.0 Å². The summed E-state index contributed by atoms with van der Waals surface area (Å²) in [5.74, 6) is 1.36. The summed E-state index contributed by atoms with van der Waals surface area (Å²) in [6.07, 6.45) is 0.0713. The minimum Gasteiger partial charge on any atom is -0.375 e. The van der Waals surface area contributed by atoms with E-state index in [1.54, 1.807) is 0 Å². The van der Waals surface area contributed by atoms with Crippen molar-refractivity contribution in [1.82, 2.24) is 15.5 Å². The predicted octanol–water partition coefficient (Wildman–Crippen LogP) is 1.84. The van der Waals surface area contributed by atoms with E-state index in [1.807, 2.05) is 6.92 Å². The Morgan fingerprint density at radius 2 is 2.06 bits per heavy atom. The van der Waals surface area contributed by atoms with E-state index < -0.39 is 0 Å². The van der Waals surface area contributed by atoms with E-state index in [9.17, 15) is 0 Å². The highest BCUT2D eigenvalue weighted by Crippen LogP contribution is 2.24. The molecular formula is C11H20ClN3O2. The molecule has 0 unspecified atom stereocenters. The zero-order chi connectivity index (χ0) is 11.8. The summed E-state index contributed by atoms with van der Waals surface area (Å²) in [7, 11) is 0. The summed E-state index contributed by atoms with van der Waals surface area (Å²) in [5, 5.41) is 7.34. The number of rotatable bonds is 1. The average Bonchev–Trinajstić information content (AvgIpc) is 2.66. The molecule has 2 heterocycles. The van der Waals surface area contributed by atoms with Crippen LogP contribution >= 0.6 is 12.4 Å². The lowest BCUT2D eigenvalue weighted by Gasteiger charge is -2.27. The fourth-order valence-corrected chi connectivity index (χ4v) is 1.68. The van der Waals surface area contributed by atoms with Gasteiger partial charge in [-0.05, 0) is 6.92 Å². The molecule has 1 aliphatic heterocycles. The van der Waals surface area contributed by atoms with Crippen molar-refractivity contribution >= 4 is 12.4 Å². The third-order valence-corrected chi connectivity index (χ3v) is 2.70. The van der Waals surface area contributed by atoms with Gasteiger partial charge in [-0.25, -0.2) is 0 Å². The molecule has 98 valence electrons. The maximum absolute atomic E-state index is 5.55. The Morgan fingerprint density at radius 3 is 2.59 bits per heavy atom. The van der Waals surface area contributed by atoms with Gasteiger partial charge < -0.3 is 14.6 Å². The predicted molar refractivity (Wildman–Crippen MR) is 66.4 cm³/mol. The van der Waals surface area contributed by atoms with Crippen LogP contribution in [0.25, 0.3) is 0 Å². The average molecular weight is 262 g/mol. The van der Waals surface area contributed by atoms with Crippen molar-refractivity contribution < 1.29 is 9.26 Å². The van der Waals surface area contributed by atoms with Gasteiger partial charge in [0.25, 0.3) is 0 Å². The second kappa shape index (κ2) is 5.33. The van der Waals surface area contributed by atoms with Crippen molar-refractivity contribution in [3.8, 4) is 0 Å². The normalized spacial score (nSPS) is 25.4. The Labute approximate surface area is 108 Å². The molecule has 2 atom stereocenters. The topological polar surface area (TPSA) is 60.2 Å². The molecule has 0 saturated carbocycles. The van der Waals surface area contributed by atoms with Crippen LogP contribution in [0.4, 0.5) is 0 Å². The van der Waals surface area contributed by atoms with Gasteiger partial charge in [0.15, 0.2) is 5.82 Å². The maximum atomic E-state index is 5.55. The smallest absolute Gasteiger partial charge is 0.246 e. The molecule has 1 N–H and O–H groups in total. The highest BCUT2D eigenvalue weighted by Gasteiger charge is 2.30. The fraction of sp³-hybridized carbons (Fsp3) is 0.818. The van der Waals surface area contributed by atoms with Crippen LogP contribution in [0.3, 0.4) is 0 Å². The molecule has 5 nitrogen and oxygen atoms in total. The number of hydrogen-bond acceptors (Lipinski definition) is 5. The molecular weight excluding hydrogens is 242 g/mol. The fourth-order valence-electron chi connectivity index (χ4n) is 1.68. The van der Waals surface area contributed by atoms with Crippen LogP contribution in [0, 0.1) is 0 Å². The highest BCUT2D eigenvalue weighted by molar-refractivity contribution is 5.85. The molecule has 0 aliphatic carbocycles. The first-order valence-electron chi connectivity index (χ1n) is 5.67. The molecule has 1 fully saturated rings. The van der Waals surface area contributed by atoms with Gasteiger partial charge in [-0.2, -0.15) is 4.98 Å². The zero-order valence-corrected chi connectivity index (χ0v) is 11.5. The van der Waals surface area contributed by atoms with E-state index in [4.69, 9.17) is 9.26 Å². The van der Waals surface area contributed by atoms with E-state index in [0.717, 1.165) is 19.0 Å². The Kier molecular flexibility index (Phi) is 4.52. The first-order chi connectivity index (χ1) is 7.48. The van der Waals surface area contributed by atoms with Gasteiger partial charge in [-0.1, -0.05) is 25.9 Å². The van der Waals surface area contributed by atoms with Crippen LogP contribution < -0.4 is 5.32 Å². The molecule has 1 aliphatic rings. The molecule has 0 aromatic carbocycles. The standard InChI is InChI=1S/C11H19N3O2.ClH/c1-7-8(12-5-6-15-7)9-13-10(14-16-9)11(2,3)4;/h7-8,12H,5-6H2,1-4H3;1H/t7-,8+;/m1./s1. The Balaban J connectivity index is 0.00000144. The lowest BCUT2D eigenvalue weighted by Crippen LogP contribution is -2.40. The summed E-state index contributed by atoms with van der Waals surface area (Å²) in [6.45, 7) is 9.76. The highest BCUT2D eigenvalue weighted by atomic mass is 35.5. The van der Waals surface area contributed by atoms with Gasteiger partial charge in [-0.3, -0.25) is 0 Å². The molecule has 0 amide bonds. The van der Waals surface area contributed by atoms with Gasteiger partial charge in [-0.15, -0.1) is 12.4 Å². The van der Waals surface area contributed by atoms with Crippen molar-refractivity contribution in [3.63, 3.8) is 0 Å². The molecule has 1 saturated heterocycles. The van der Waals surface area contributed by atoms with E-state index in [2.05, 4.69) is 36.2 Å². The number of halogens is 1. The Hall–Kier alpha value is -0.650. The van der Waals surface area contributed by atoms with Crippen molar-refractivity contribution in [2.45, 2.75) is 45.3 Å². The summed E-state index contributed by atoms with van der Waals surface area (Å²) in [5.41, 5.74) is -0.0828. The third kappa shape index (κ3) is 3.18. The summed E-state index contributed by atoms with van der Waals surface area (Å²) in [4.78, 5) is 4.44.